The molecular formula is C14H13F3Se. The van der Waals surface area contributed by atoms with Gasteiger partial charge in [0.25, 0.3) is 0 Å². The molecule has 0 aliphatic rings. The molecule has 0 bridgehead atoms. The molecule has 0 fully saturated rings. The Balaban J connectivity index is 2.36. The summed E-state index contributed by atoms with van der Waals surface area (Å²) in [6.07, 6.45) is -4.11. The molecule has 4 heteroatoms. The van der Waals surface area contributed by atoms with Crippen molar-refractivity contribution in [3.63, 3.8) is 0 Å². The van der Waals surface area contributed by atoms with Crippen LogP contribution in [0.3, 0.4) is 0 Å². The molecule has 0 aliphatic heterocycles. The number of alkyl halides is 3. The summed E-state index contributed by atoms with van der Waals surface area (Å²) in [5.41, 5.74) is 0. The maximum absolute atomic E-state index is 12.7. The molecule has 2 rings (SSSR count). The van der Waals surface area contributed by atoms with Gasteiger partial charge in [-0.25, -0.2) is 0 Å². The van der Waals surface area contributed by atoms with Crippen molar-refractivity contribution in [2.75, 3.05) is 0 Å². The molecule has 0 saturated carbocycles. The van der Waals surface area contributed by atoms with Crippen LogP contribution in [-0.2, 0) is 0 Å². The molecule has 0 nitrogen and oxygen atoms in total. The van der Waals surface area contributed by atoms with Gasteiger partial charge in [0, 0.05) is 0 Å². The zero-order valence-electron chi connectivity index (χ0n) is 9.56. The average Bonchev–Trinajstić information content (AvgIpc) is 2.37. The first kappa shape index (κ1) is 13.2. The predicted molar refractivity (Wildman–Crippen MR) is 70.2 cm³/mol. The van der Waals surface area contributed by atoms with Crippen LogP contribution in [0.1, 0.15) is 0 Å². The van der Waals surface area contributed by atoms with Crippen LogP contribution in [-0.4, -0.2) is 20.1 Å². The molecule has 0 heterocycles. The van der Waals surface area contributed by atoms with Crippen LogP contribution in [0.15, 0.2) is 60.7 Å². The molecule has 96 valence electrons. The van der Waals surface area contributed by atoms with Crippen molar-refractivity contribution in [1.29, 1.82) is 0 Å². The Morgan fingerprint density at radius 3 is 1.44 bits per heavy atom. The third kappa shape index (κ3) is 3.62. The van der Waals surface area contributed by atoms with Gasteiger partial charge in [-0.3, -0.25) is 0 Å². The van der Waals surface area contributed by atoms with Crippen molar-refractivity contribution in [3.05, 3.63) is 60.7 Å². The van der Waals surface area contributed by atoms with E-state index in [1.165, 1.54) is 0 Å². The van der Waals surface area contributed by atoms with Gasteiger partial charge in [0.1, 0.15) is 0 Å². The van der Waals surface area contributed by atoms with Crippen molar-refractivity contribution in [2.45, 2.75) is 11.5 Å². The second-order valence-corrected chi connectivity index (χ2v) is 8.50. The Kier molecular flexibility index (Phi) is 4.10. The summed E-state index contributed by atoms with van der Waals surface area (Å²) in [6, 6.07) is 18.1. The monoisotopic (exact) mass is 318 g/mol. The number of benzene rings is 2. The Hall–Kier alpha value is -1.25. The van der Waals surface area contributed by atoms with Gasteiger partial charge in [-0.2, -0.15) is 0 Å². The minimum absolute atomic E-state index is 0.686. The van der Waals surface area contributed by atoms with E-state index in [4.69, 9.17) is 0 Å². The summed E-state index contributed by atoms with van der Waals surface area (Å²) in [7, 11) is 0. The van der Waals surface area contributed by atoms with Crippen molar-refractivity contribution in [3.8, 4) is 0 Å². The second-order valence-electron chi connectivity index (χ2n) is 3.87. The van der Waals surface area contributed by atoms with E-state index >= 15 is 0 Å². The SMILES string of the molecule is FC(F)(F)C[SeH](c1ccccc1)c1ccccc1. The van der Waals surface area contributed by atoms with Crippen LogP contribution in [0, 0.1) is 0 Å². The first-order chi connectivity index (χ1) is 8.56. The summed E-state index contributed by atoms with van der Waals surface area (Å²) < 4.78 is 39.8. The zero-order chi connectivity index (χ0) is 13.0. The Bertz CT molecular complexity index is 440. The fraction of sp³-hybridized carbons (Fsp3) is 0.143. The van der Waals surface area contributed by atoms with Crippen molar-refractivity contribution in [2.24, 2.45) is 0 Å². The minimum atomic E-state index is -4.11. The first-order valence-corrected chi connectivity index (χ1v) is 8.71. The predicted octanol–water partition coefficient (Wildman–Crippen LogP) is 2.59. The normalized spacial score (nSPS) is 12.3. The van der Waals surface area contributed by atoms with Crippen LogP contribution in [0.2, 0.25) is 5.32 Å². The summed E-state index contributed by atoms with van der Waals surface area (Å²) in [6.45, 7) is 0. The van der Waals surface area contributed by atoms with Gasteiger partial charge in [0.2, 0.25) is 0 Å². The van der Waals surface area contributed by atoms with Crippen LogP contribution >= 0.6 is 0 Å². The van der Waals surface area contributed by atoms with E-state index in [2.05, 4.69) is 0 Å². The van der Waals surface area contributed by atoms with Crippen molar-refractivity contribution >= 4 is 22.8 Å². The van der Waals surface area contributed by atoms with Gasteiger partial charge in [-0.15, -0.1) is 0 Å². The number of rotatable bonds is 3. The molecule has 0 amide bonds. The van der Waals surface area contributed by atoms with E-state index in [1.54, 1.807) is 48.5 Å². The molecule has 0 unspecified atom stereocenters. The van der Waals surface area contributed by atoms with Crippen LogP contribution in [0.25, 0.3) is 0 Å². The zero-order valence-corrected chi connectivity index (χ0v) is 11.4. The van der Waals surface area contributed by atoms with E-state index in [9.17, 15) is 13.2 Å². The molecule has 18 heavy (non-hydrogen) atoms. The topological polar surface area (TPSA) is 0 Å². The van der Waals surface area contributed by atoms with Crippen LogP contribution < -0.4 is 8.92 Å². The summed E-state index contributed by atoms with van der Waals surface area (Å²) >= 11 is -2.28. The summed E-state index contributed by atoms with van der Waals surface area (Å²) in [5.74, 6) is 0. The molecule has 0 radical (unpaired) electrons. The second kappa shape index (κ2) is 5.59. The molecule has 2 aromatic carbocycles. The van der Waals surface area contributed by atoms with E-state index < -0.39 is 25.4 Å². The van der Waals surface area contributed by atoms with Gasteiger partial charge < -0.3 is 0 Å². The summed E-state index contributed by atoms with van der Waals surface area (Å²) in [5, 5.41) is -0.686. The molecule has 0 aliphatic carbocycles. The van der Waals surface area contributed by atoms with Crippen LogP contribution in [0.5, 0.6) is 0 Å². The molecule has 0 saturated heterocycles. The van der Waals surface area contributed by atoms with E-state index in [0.29, 0.717) is 0 Å². The number of hydrogen-bond acceptors (Lipinski definition) is 0. The van der Waals surface area contributed by atoms with Gasteiger partial charge in [0.15, 0.2) is 0 Å². The Labute approximate surface area is 108 Å². The first-order valence-electron chi connectivity index (χ1n) is 5.51. The maximum atomic E-state index is 12.7. The number of halogens is 3. The van der Waals surface area contributed by atoms with Crippen molar-refractivity contribution < 1.29 is 13.2 Å². The third-order valence-corrected chi connectivity index (χ3v) is 7.76. The summed E-state index contributed by atoms with van der Waals surface area (Å²) in [4.78, 5) is 0. The molecule has 0 N–H and O–H groups in total. The fourth-order valence-electron chi connectivity index (χ4n) is 1.73. The fourth-order valence-corrected chi connectivity index (χ4v) is 6.10. The molecule has 0 aromatic heterocycles. The van der Waals surface area contributed by atoms with Gasteiger partial charge in [-0.05, 0) is 0 Å². The van der Waals surface area contributed by atoms with Crippen molar-refractivity contribution in [1.82, 2.24) is 0 Å². The average molecular weight is 317 g/mol. The Morgan fingerprint density at radius 2 is 1.11 bits per heavy atom. The molecule has 0 spiro atoms. The Morgan fingerprint density at radius 1 is 0.722 bits per heavy atom. The molecular weight excluding hydrogens is 304 g/mol. The molecule has 2 aromatic rings. The van der Waals surface area contributed by atoms with E-state index in [0.717, 1.165) is 8.92 Å². The van der Waals surface area contributed by atoms with E-state index in [1.807, 2.05) is 12.1 Å². The number of hydrogen-bond donors (Lipinski definition) is 0. The van der Waals surface area contributed by atoms with Crippen LogP contribution in [0.4, 0.5) is 13.2 Å². The van der Waals surface area contributed by atoms with Gasteiger partial charge >= 0.3 is 108 Å². The standard InChI is InChI=1S/C14H13F3Se/c15-14(16,17)11-18(12-7-3-1-4-8-12)13-9-5-2-6-10-13/h1-10,18H,11H2. The van der Waals surface area contributed by atoms with Gasteiger partial charge in [0.05, 0.1) is 0 Å². The third-order valence-electron chi connectivity index (χ3n) is 2.47. The molecule has 0 atom stereocenters. The van der Waals surface area contributed by atoms with Gasteiger partial charge in [-0.1, -0.05) is 0 Å². The quantitative estimate of drug-likeness (QED) is 0.764. The van der Waals surface area contributed by atoms with E-state index in [-0.39, 0.29) is 0 Å².